The summed E-state index contributed by atoms with van der Waals surface area (Å²) in [5.74, 6) is -0.0624. The molecule has 1 heterocycles. The Labute approximate surface area is 175 Å². The van der Waals surface area contributed by atoms with Crippen LogP contribution in [0.2, 0.25) is 0 Å². The number of carbonyl (C=O) groups excluding carboxylic acids is 1. The van der Waals surface area contributed by atoms with Gasteiger partial charge in [0.05, 0.1) is 5.69 Å². The SMILES string of the molecule is Cc1ccc(C2=N/C(=C/c3ccc(N(C)C)cc3)C(=O)N2c2ccc(F)cc2)cc1. The topological polar surface area (TPSA) is 35.9 Å². The highest BCUT2D eigenvalue weighted by atomic mass is 19.1. The van der Waals surface area contributed by atoms with Crippen LogP contribution in [0.25, 0.3) is 6.08 Å². The molecule has 0 fully saturated rings. The fourth-order valence-electron chi connectivity index (χ4n) is 3.27. The third kappa shape index (κ3) is 3.87. The molecule has 3 aromatic carbocycles. The highest BCUT2D eigenvalue weighted by molar-refractivity contribution is 6.33. The van der Waals surface area contributed by atoms with Gasteiger partial charge in [-0.25, -0.2) is 9.38 Å². The van der Waals surface area contributed by atoms with Gasteiger partial charge in [-0.2, -0.15) is 0 Å². The van der Waals surface area contributed by atoms with E-state index in [-0.39, 0.29) is 11.7 Å². The van der Waals surface area contributed by atoms with Gasteiger partial charge in [0.25, 0.3) is 5.91 Å². The molecule has 4 nitrogen and oxygen atoms in total. The standard InChI is InChI=1S/C25H22FN3O/c1-17-4-8-19(9-5-17)24-27-23(16-18-6-12-21(13-7-18)28(2)3)25(30)29(24)22-14-10-20(26)11-15-22/h4-16H,1-3H3/b23-16+. The zero-order valence-corrected chi connectivity index (χ0v) is 17.1. The van der Waals surface area contributed by atoms with Crippen molar-refractivity contribution in [2.45, 2.75) is 6.92 Å². The Hall–Kier alpha value is -3.73. The van der Waals surface area contributed by atoms with E-state index in [0.29, 0.717) is 17.2 Å². The number of benzene rings is 3. The molecule has 1 aliphatic heterocycles. The normalized spacial score (nSPS) is 14.9. The maximum atomic E-state index is 13.4. The van der Waals surface area contributed by atoms with E-state index in [1.165, 1.54) is 17.0 Å². The van der Waals surface area contributed by atoms with Crippen molar-refractivity contribution in [2.24, 2.45) is 4.99 Å². The first-order chi connectivity index (χ1) is 14.4. The summed E-state index contributed by atoms with van der Waals surface area (Å²) < 4.78 is 13.4. The lowest BCUT2D eigenvalue weighted by Gasteiger charge is -2.18. The minimum Gasteiger partial charge on any atom is -0.378 e. The maximum absolute atomic E-state index is 13.4. The Balaban J connectivity index is 1.77. The molecule has 30 heavy (non-hydrogen) atoms. The largest absolute Gasteiger partial charge is 0.378 e. The van der Waals surface area contributed by atoms with Gasteiger partial charge in [-0.05, 0) is 55.0 Å². The molecule has 0 radical (unpaired) electrons. The monoisotopic (exact) mass is 399 g/mol. The Bertz CT molecular complexity index is 1130. The van der Waals surface area contributed by atoms with Crippen molar-refractivity contribution in [3.8, 4) is 0 Å². The van der Waals surface area contributed by atoms with Crippen LogP contribution in [0, 0.1) is 12.7 Å². The van der Waals surface area contributed by atoms with Crippen LogP contribution in [0.3, 0.4) is 0 Å². The summed E-state index contributed by atoms with van der Waals surface area (Å²) in [7, 11) is 3.96. The lowest BCUT2D eigenvalue weighted by Crippen LogP contribution is -2.32. The minimum absolute atomic E-state index is 0.242. The first-order valence-corrected chi connectivity index (χ1v) is 9.67. The van der Waals surface area contributed by atoms with E-state index in [4.69, 9.17) is 0 Å². The molecule has 4 rings (SSSR count). The second kappa shape index (κ2) is 7.95. The van der Waals surface area contributed by atoms with Gasteiger partial charge in [0.15, 0.2) is 0 Å². The van der Waals surface area contributed by atoms with Gasteiger partial charge in [-0.3, -0.25) is 9.69 Å². The molecule has 150 valence electrons. The Morgan fingerprint density at radius 1 is 0.900 bits per heavy atom. The first kappa shape index (κ1) is 19.6. The molecule has 5 heteroatoms. The fourth-order valence-corrected chi connectivity index (χ4v) is 3.27. The summed E-state index contributed by atoms with van der Waals surface area (Å²) in [6.07, 6.45) is 1.78. The molecule has 0 aliphatic carbocycles. The lowest BCUT2D eigenvalue weighted by molar-refractivity contribution is -0.113. The molecule has 0 saturated heterocycles. The summed E-state index contributed by atoms with van der Waals surface area (Å²) in [6.45, 7) is 2.01. The van der Waals surface area contributed by atoms with Gasteiger partial charge < -0.3 is 4.90 Å². The van der Waals surface area contributed by atoms with Crippen LogP contribution in [0.1, 0.15) is 16.7 Å². The van der Waals surface area contributed by atoms with E-state index < -0.39 is 0 Å². The van der Waals surface area contributed by atoms with Crippen LogP contribution in [-0.2, 0) is 4.79 Å². The summed E-state index contributed by atoms with van der Waals surface area (Å²) >= 11 is 0. The number of amides is 1. The molecule has 1 amide bonds. The second-order valence-corrected chi connectivity index (χ2v) is 7.43. The smallest absolute Gasteiger partial charge is 0.282 e. The third-order valence-corrected chi connectivity index (χ3v) is 4.97. The van der Waals surface area contributed by atoms with Gasteiger partial charge >= 0.3 is 0 Å². The number of halogens is 1. The van der Waals surface area contributed by atoms with Crippen LogP contribution in [0.4, 0.5) is 15.8 Å². The Morgan fingerprint density at radius 3 is 2.13 bits per heavy atom. The molecule has 0 N–H and O–H groups in total. The lowest BCUT2D eigenvalue weighted by atomic mass is 10.1. The number of hydrogen-bond donors (Lipinski definition) is 0. The van der Waals surface area contributed by atoms with Crippen molar-refractivity contribution in [1.29, 1.82) is 0 Å². The van der Waals surface area contributed by atoms with E-state index in [0.717, 1.165) is 22.4 Å². The van der Waals surface area contributed by atoms with Crippen molar-refractivity contribution >= 4 is 29.2 Å². The van der Waals surface area contributed by atoms with Gasteiger partial charge in [0.1, 0.15) is 17.3 Å². The number of anilines is 2. The molecule has 0 saturated carbocycles. The van der Waals surface area contributed by atoms with Gasteiger partial charge in [0.2, 0.25) is 0 Å². The predicted molar refractivity (Wildman–Crippen MR) is 120 cm³/mol. The predicted octanol–water partition coefficient (Wildman–Crippen LogP) is 5.03. The zero-order chi connectivity index (χ0) is 21.3. The number of hydrogen-bond acceptors (Lipinski definition) is 3. The highest BCUT2D eigenvalue weighted by Gasteiger charge is 2.32. The molecule has 1 aliphatic rings. The van der Waals surface area contributed by atoms with E-state index >= 15 is 0 Å². The second-order valence-electron chi connectivity index (χ2n) is 7.43. The van der Waals surface area contributed by atoms with Crippen LogP contribution in [0.5, 0.6) is 0 Å². The van der Waals surface area contributed by atoms with Gasteiger partial charge in [-0.15, -0.1) is 0 Å². The molecule has 3 aromatic rings. The number of nitrogens with zero attached hydrogens (tertiary/aromatic N) is 3. The first-order valence-electron chi connectivity index (χ1n) is 9.67. The summed E-state index contributed by atoms with van der Waals surface area (Å²) in [5, 5.41) is 0. The number of aryl methyl sites for hydroxylation is 1. The molecule has 0 spiro atoms. The Kier molecular flexibility index (Phi) is 5.19. The van der Waals surface area contributed by atoms with Gasteiger partial charge in [-0.1, -0.05) is 42.0 Å². The quantitative estimate of drug-likeness (QED) is 0.577. The highest BCUT2D eigenvalue weighted by Crippen LogP contribution is 2.28. The molecule has 0 atom stereocenters. The molecular formula is C25H22FN3O. The molecule has 0 unspecified atom stereocenters. The number of carbonyl (C=O) groups is 1. The van der Waals surface area contributed by atoms with Crippen molar-refractivity contribution in [2.75, 3.05) is 23.9 Å². The minimum atomic E-state index is -0.351. The summed E-state index contributed by atoms with van der Waals surface area (Å²) in [5.41, 5.74) is 4.82. The van der Waals surface area contributed by atoms with E-state index in [2.05, 4.69) is 4.99 Å². The van der Waals surface area contributed by atoms with E-state index in [1.807, 2.05) is 74.4 Å². The van der Waals surface area contributed by atoms with Crippen molar-refractivity contribution in [1.82, 2.24) is 0 Å². The van der Waals surface area contributed by atoms with Crippen LogP contribution in [-0.4, -0.2) is 25.8 Å². The third-order valence-electron chi connectivity index (χ3n) is 4.97. The average molecular weight is 399 g/mol. The molecule has 0 aromatic heterocycles. The maximum Gasteiger partial charge on any atom is 0.282 e. The fraction of sp³-hybridized carbons (Fsp3) is 0.120. The zero-order valence-electron chi connectivity index (χ0n) is 17.1. The average Bonchev–Trinajstić information content (AvgIpc) is 3.06. The summed E-state index contributed by atoms with van der Waals surface area (Å²) in [6, 6.07) is 21.6. The van der Waals surface area contributed by atoms with Crippen molar-refractivity contribution < 1.29 is 9.18 Å². The number of amidine groups is 1. The molecular weight excluding hydrogens is 377 g/mol. The van der Waals surface area contributed by atoms with Crippen molar-refractivity contribution in [3.05, 3.63) is 101 Å². The van der Waals surface area contributed by atoms with Crippen LogP contribution >= 0.6 is 0 Å². The van der Waals surface area contributed by atoms with Crippen LogP contribution in [0.15, 0.2) is 83.5 Å². The van der Waals surface area contributed by atoms with E-state index in [9.17, 15) is 9.18 Å². The number of aliphatic imine (C=N–C) groups is 1. The van der Waals surface area contributed by atoms with Crippen molar-refractivity contribution in [3.63, 3.8) is 0 Å². The number of rotatable bonds is 4. The summed E-state index contributed by atoms with van der Waals surface area (Å²) in [4.78, 5) is 21.5. The van der Waals surface area contributed by atoms with E-state index in [1.54, 1.807) is 18.2 Å². The molecule has 0 bridgehead atoms. The van der Waals surface area contributed by atoms with Crippen LogP contribution < -0.4 is 9.80 Å². The van der Waals surface area contributed by atoms with Gasteiger partial charge in [0, 0.05) is 25.3 Å². The Morgan fingerprint density at radius 2 is 1.53 bits per heavy atom.